The van der Waals surface area contributed by atoms with Gasteiger partial charge in [0.15, 0.2) is 0 Å². The molecule has 21 heavy (non-hydrogen) atoms. The van der Waals surface area contributed by atoms with Crippen LogP contribution in [0.25, 0.3) is 0 Å². The van der Waals surface area contributed by atoms with Gasteiger partial charge in [-0.05, 0) is 31.6 Å². The van der Waals surface area contributed by atoms with Crippen molar-refractivity contribution in [1.82, 2.24) is 5.43 Å². The first-order valence-corrected chi connectivity index (χ1v) is 9.26. The van der Waals surface area contributed by atoms with Crippen molar-refractivity contribution in [3.8, 4) is 0 Å². The molecule has 0 radical (unpaired) electrons. The Morgan fingerprint density at radius 2 is 1.90 bits per heavy atom. The van der Waals surface area contributed by atoms with Gasteiger partial charge in [0.2, 0.25) is 0 Å². The maximum atomic E-state index is 13.1. The summed E-state index contributed by atoms with van der Waals surface area (Å²) in [6.45, 7) is 1.56. The summed E-state index contributed by atoms with van der Waals surface area (Å²) in [7, 11) is -3.09. The zero-order valence-corrected chi connectivity index (χ0v) is 13.1. The Morgan fingerprint density at radius 1 is 1.29 bits per heavy atom. The molecule has 4 nitrogen and oxygen atoms in total. The van der Waals surface area contributed by atoms with E-state index < -0.39 is 33.9 Å². The molecule has 0 aromatic heterocycles. The molecule has 0 heterocycles. The zero-order valence-electron chi connectivity index (χ0n) is 12.3. The van der Waals surface area contributed by atoms with Gasteiger partial charge in [0.25, 0.3) is 0 Å². The summed E-state index contributed by atoms with van der Waals surface area (Å²) in [5.74, 6) is 3.59. The van der Waals surface area contributed by atoms with E-state index in [4.69, 9.17) is 5.84 Å². The van der Waals surface area contributed by atoms with E-state index in [1.807, 2.05) is 0 Å². The molecule has 0 aromatic rings. The Labute approximate surface area is 124 Å². The largest absolute Gasteiger partial charge is 0.392 e. The van der Waals surface area contributed by atoms with E-state index in [9.17, 15) is 21.6 Å². The second-order valence-corrected chi connectivity index (χ2v) is 8.22. The summed E-state index contributed by atoms with van der Waals surface area (Å²) in [5.41, 5.74) is 2.48. The fourth-order valence-electron chi connectivity index (χ4n) is 3.14. The van der Waals surface area contributed by atoms with Gasteiger partial charge in [-0.3, -0.25) is 11.3 Å². The smallest absolute Gasteiger partial charge is 0.271 e. The third-order valence-corrected chi connectivity index (χ3v) is 6.17. The van der Waals surface area contributed by atoms with Gasteiger partial charge in [-0.1, -0.05) is 19.8 Å². The van der Waals surface area contributed by atoms with E-state index in [0.29, 0.717) is 25.7 Å². The van der Waals surface area contributed by atoms with Gasteiger partial charge < -0.3 is 0 Å². The highest BCUT2D eigenvalue weighted by molar-refractivity contribution is 7.91. The number of sulfone groups is 1. The number of hydrazine groups is 1. The van der Waals surface area contributed by atoms with Gasteiger partial charge in [0.1, 0.15) is 9.84 Å². The molecule has 1 fully saturated rings. The van der Waals surface area contributed by atoms with Crippen LogP contribution < -0.4 is 11.3 Å². The lowest BCUT2D eigenvalue weighted by Gasteiger charge is -2.38. The van der Waals surface area contributed by atoms with Crippen LogP contribution in [-0.2, 0) is 9.84 Å². The fourth-order valence-corrected chi connectivity index (χ4v) is 4.03. The lowest BCUT2D eigenvalue weighted by Crippen LogP contribution is -2.48. The summed E-state index contributed by atoms with van der Waals surface area (Å²) in [5, 5.41) is 0. The Kier molecular flexibility index (Phi) is 6.93. The third-order valence-electron chi connectivity index (χ3n) is 4.38. The highest BCUT2D eigenvalue weighted by atomic mass is 32.2. The van der Waals surface area contributed by atoms with Crippen molar-refractivity contribution >= 4 is 9.84 Å². The molecule has 1 aliphatic carbocycles. The maximum Gasteiger partial charge on any atom is 0.392 e. The average molecular weight is 330 g/mol. The average Bonchev–Trinajstić information content (AvgIpc) is 2.43. The van der Waals surface area contributed by atoms with E-state index >= 15 is 0 Å². The number of alkyl halides is 3. The normalized spacial score (nSPS) is 25.8. The summed E-state index contributed by atoms with van der Waals surface area (Å²) in [6.07, 6.45) is -1.54. The monoisotopic (exact) mass is 330 g/mol. The fraction of sp³-hybridized carbons (Fsp3) is 1.00. The van der Waals surface area contributed by atoms with Crippen LogP contribution in [0.1, 0.15) is 45.4 Å². The second-order valence-electron chi connectivity index (χ2n) is 5.75. The van der Waals surface area contributed by atoms with E-state index in [2.05, 4.69) is 5.43 Å². The molecule has 3 atom stereocenters. The molecule has 126 valence electrons. The van der Waals surface area contributed by atoms with Gasteiger partial charge in [-0.15, -0.1) is 0 Å². The predicted molar refractivity (Wildman–Crippen MR) is 76.2 cm³/mol. The molecular formula is C13H25F3N2O2S. The van der Waals surface area contributed by atoms with E-state index in [1.165, 1.54) is 0 Å². The van der Waals surface area contributed by atoms with Gasteiger partial charge in [-0.25, -0.2) is 8.42 Å². The lowest BCUT2D eigenvalue weighted by atomic mass is 9.74. The molecule has 1 rings (SSSR count). The van der Waals surface area contributed by atoms with Crippen LogP contribution >= 0.6 is 0 Å². The maximum absolute atomic E-state index is 13.1. The van der Waals surface area contributed by atoms with E-state index in [1.54, 1.807) is 6.92 Å². The third kappa shape index (κ3) is 5.75. The summed E-state index contributed by atoms with van der Waals surface area (Å²) in [4.78, 5) is 0. The van der Waals surface area contributed by atoms with Crippen LogP contribution in [-0.4, -0.2) is 32.1 Å². The first kappa shape index (κ1) is 18.7. The van der Waals surface area contributed by atoms with E-state index in [0.717, 1.165) is 6.42 Å². The number of hydrogen-bond acceptors (Lipinski definition) is 4. The minimum atomic E-state index is -4.21. The molecule has 3 N–H and O–H groups in total. The van der Waals surface area contributed by atoms with Crippen molar-refractivity contribution in [2.75, 3.05) is 11.5 Å². The van der Waals surface area contributed by atoms with Crippen LogP contribution in [0.15, 0.2) is 0 Å². The number of hydrogen-bond donors (Lipinski definition) is 2. The van der Waals surface area contributed by atoms with Gasteiger partial charge in [0.05, 0.1) is 11.7 Å². The molecule has 0 amide bonds. The molecule has 3 unspecified atom stereocenters. The Bertz CT molecular complexity index is 412. The highest BCUT2D eigenvalue weighted by Crippen LogP contribution is 2.43. The first-order valence-electron chi connectivity index (χ1n) is 7.44. The van der Waals surface area contributed by atoms with Crippen LogP contribution in [0.5, 0.6) is 0 Å². The molecule has 0 spiro atoms. The number of halogens is 3. The Morgan fingerprint density at radius 3 is 2.43 bits per heavy atom. The molecule has 1 aliphatic rings. The second kappa shape index (κ2) is 7.78. The Balaban J connectivity index is 2.64. The SMILES string of the molecule is CCS(=O)(=O)CCCC(NN)C1CCCCC1C(F)(F)F. The number of rotatable bonds is 7. The van der Waals surface area contributed by atoms with Gasteiger partial charge in [0, 0.05) is 11.8 Å². The van der Waals surface area contributed by atoms with Crippen molar-refractivity contribution in [1.29, 1.82) is 0 Å². The minimum Gasteiger partial charge on any atom is -0.271 e. The lowest BCUT2D eigenvalue weighted by molar-refractivity contribution is -0.199. The Hall–Kier alpha value is -0.340. The summed E-state index contributed by atoms with van der Waals surface area (Å²) >= 11 is 0. The first-order chi connectivity index (χ1) is 9.71. The topological polar surface area (TPSA) is 72.2 Å². The van der Waals surface area contributed by atoms with Gasteiger partial charge in [-0.2, -0.15) is 13.2 Å². The molecule has 0 saturated heterocycles. The molecule has 0 bridgehead atoms. The molecule has 0 aromatic carbocycles. The number of nitrogens with two attached hydrogens (primary N) is 1. The minimum absolute atomic E-state index is 0.00504. The van der Waals surface area contributed by atoms with Gasteiger partial charge >= 0.3 is 6.18 Å². The summed E-state index contributed by atoms with van der Waals surface area (Å²) in [6, 6.07) is -0.482. The zero-order chi connectivity index (χ0) is 16.1. The van der Waals surface area contributed by atoms with Crippen molar-refractivity contribution < 1.29 is 21.6 Å². The van der Waals surface area contributed by atoms with Crippen LogP contribution in [0.2, 0.25) is 0 Å². The van der Waals surface area contributed by atoms with Crippen molar-refractivity contribution in [3.05, 3.63) is 0 Å². The van der Waals surface area contributed by atoms with Crippen LogP contribution in [0.4, 0.5) is 13.2 Å². The molecule has 1 saturated carbocycles. The predicted octanol–water partition coefficient (Wildman–Crippen LogP) is 2.40. The van der Waals surface area contributed by atoms with Crippen molar-refractivity contribution in [3.63, 3.8) is 0 Å². The van der Waals surface area contributed by atoms with Crippen LogP contribution in [0.3, 0.4) is 0 Å². The standard InChI is InChI=1S/C13H25F3N2O2S/c1-2-21(19,20)9-5-8-12(18-17)10-6-3-4-7-11(10)13(14,15)16/h10-12,18H,2-9,17H2,1H3. The van der Waals surface area contributed by atoms with E-state index in [-0.39, 0.29) is 17.9 Å². The summed E-state index contributed by atoms with van der Waals surface area (Å²) < 4.78 is 62.1. The molecule has 0 aliphatic heterocycles. The van der Waals surface area contributed by atoms with Crippen molar-refractivity contribution in [2.45, 2.75) is 57.7 Å². The number of nitrogens with one attached hydrogen (secondary N) is 1. The molecule has 8 heteroatoms. The van der Waals surface area contributed by atoms with Crippen LogP contribution in [0, 0.1) is 11.8 Å². The highest BCUT2D eigenvalue weighted by Gasteiger charge is 2.47. The molecular weight excluding hydrogens is 305 g/mol. The van der Waals surface area contributed by atoms with Crippen molar-refractivity contribution in [2.24, 2.45) is 17.7 Å². The quantitative estimate of drug-likeness (QED) is 0.555.